The Morgan fingerprint density at radius 3 is 2.49 bits per heavy atom. The van der Waals surface area contributed by atoms with Gasteiger partial charge in [0.25, 0.3) is 15.9 Å². The molecule has 0 unspecified atom stereocenters. The number of rotatable bonds is 9. The molecule has 4 aromatic rings. The number of sulfonamides is 1. The van der Waals surface area contributed by atoms with E-state index in [1.807, 2.05) is 36.6 Å². The molecule has 3 aromatic carbocycles. The summed E-state index contributed by atoms with van der Waals surface area (Å²) in [5.74, 6) is 0.419. The van der Waals surface area contributed by atoms with Crippen LogP contribution < -0.4 is 14.8 Å². The van der Waals surface area contributed by atoms with Crippen molar-refractivity contribution in [3.05, 3.63) is 89.3 Å². The Hall–Kier alpha value is -3.69. The van der Waals surface area contributed by atoms with Crippen LogP contribution in [0.4, 0.5) is 10.8 Å². The lowest BCUT2D eigenvalue weighted by atomic mass is 10.2. The second-order valence-electron chi connectivity index (χ2n) is 7.86. The third kappa shape index (κ3) is 6.26. The second-order valence-corrected chi connectivity index (χ2v) is 10.4. The Labute approximate surface area is 208 Å². The van der Waals surface area contributed by atoms with Crippen LogP contribution in [0.1, 0.15) is 29.3 Å². The van der Waals surface area contributed by atoms with Crippen LogP contribution in [-0.2, 0) is 10.0 Å². The van der Waals surface area contributed by atoms with E-state index in [9.17, 15) is 13.2 Å². The Balaban J connectivity index is 1.43. The highest BCUT2D eigenvalue weighted by Gasteiger charge is 2.16. The van der Waals surface area contributed by atoms with E-state index in [4.69, 9.17) is 4.74 Å². The number of nitrogens with one attached hydrogen (secondary N) is 2. The molecule has 0 atom stereocenters. The first-order valence-electron chi connectivity index (χ1n) is 11.0. The van der Waals surface area contributed by atoms with Crippen molar-refractivity contribution in [2.75, 3.05) is 16.6 Å². The molecule has 0 aliphatic carbocycles. The van der Waals surface area contributed by atoms with Gasteiger partial charge in [-0.1, -0.05) is 30.7 Å². The van der Waals surface area contributed by atoms with Gasteiger partial charge in [-0.25, -0.2) is 13.4 Å². The molecule has 0 aliphatic heterocycles. The minimum atomic E-state index is -3.77. The van der Waals surface area contributed by atoms with Gasteiger partial charge in [-0.2, -0.15) is 0 Å². The SMILES string of the molecule is CCCOc1ccc(-c2csc(NC(=O)c3cccc(NS(=O)(=O)c4ccc(C)cc4)c3)n2)cc1. The molecule has 0 radical (unpaired) electrons. The van der Waals surface area contributed by atoms with Crippen molar-refractivity contribution in [1.82, 2.24) is 4.98 Å². The molecule has 1 heterocycles. The summed E-state index contributed by atoms with van der Waals surface area (Å²) >= 11 is 1.31. The molecule has 0 saturated carbocycles. The standard InChI is InChI=1S/C26H25N3O4S2/c1-3-15-33-22-11-9-19(10-12-22)24-17-34-26(27-24)28-25(30)20-5-4-6-21(16-20)29-35(31,32)23-13-7-18(2)8-14-23/h4-14,16-17,29H,3,15H2,1-2H3,(H,27,28,30). The zero-order valence-electron chi connectivity index (χ0n) is 19.3. The first kappa shape index (κ1) is 24.4. The lowest BCUT2D eigenvalue weighted by Crippen LogP contribution is -2.15. The minimum absolute atomic E-state index is 0.151. The average Bonchev–Trinajstić information content (AvgIpc) is 3.31. The number of benzene rings is 3. The number of amides is 1. The molecule has 1 amide bonds. The van der Waals surface area contributed by atoms with Crippen molar-refractivity contribution in [3.63, 3.8) is 0 Å². The Morgan fingerprint density at radius 1 is 1.03 bits per heavy atom. The van der Waals surface area contributed by atoms with Gasteiger partial charge in [0.05, 0.1) is 17.2 Å². The molecule has 7 nitrogen and oxygen atoms in total. The van der Waals surface area contributed by atoms with E-state index >= 15 is 0 Å². The summed E-state index contributed by atoms with van der Waals surface area (Å²) in [6, 6.07) is 20.5. The number of carbonyl (C=O) groups is 1. The first-order valence-corrected chi connectivity index (χ1v) is 13.4. The van der Waals surface area contributed by atoms with Crippen molar-refractivity contribution < 1.29 is 17.9 Å². The smallest absolute Gasteiger partial charge is 0.261 e. The molecular weight excluding hydrogens is 482 g/mol. The highest BCUT2D eigenvalue weighted by molar-refractivity contribution is 7.92. The van der Waals surface area contributed by atoms with Gasteiger partial charge >= 0.3 is 0 Å². The van der Waals surface area contributed by atoms with E-state index < -0.39 is 10.0 Å². The highest BCUT2D eigenvalue weighted by atomic mass is 32.2. The van der Waals surface area contributed by atoms with E-state index in [1.54, 1.807) is 42.5 Å². The normalized spacial score (nSPS) is 11.1. The zero-order chi connectivity index (χ0) is 24.8. The molecule has 180 valence electrons. The molecule has 0 aliphatic rings. The summed E-state index contributed by atoms with van der Waals surface area (Å²) < 4.78 is 33.5. The zero-order valence-corrected chi connectivity index (χ0v) is 20.9. The van der Waals surface area contributed by atoms with Gasteiger partial charge < -0.3 is 4.74 Å². The molecule has 9 heteroatoms. The number of thiazole rings is 1. The largest absolute Gasteiger partial charge is 0.494 e. The molecule has 4 rings (SSSR count). The molecule has 2 N–H and O–H groups in total. The monoisotopic (exact) mass is 507 g/mol. The number of hydrogen-bond acceptors (Lipinski definition) is 6. The summed E-state index contributed by atoms with van der Waals surface area (Å²) in [6.07, 6.45) is 0.943. The predicted molar refractivity (Wildman–Crippen MR) is 140 cm³/mol. The summed E-state index contributed by atoms with van der Waals surface area (Å²) in [5, 5.41) is 5.09. The van der Waals surface area contributed by atoms with E-state index in [0.29, 0.717) is 23.0 Å². The van der Waals surface area contributed by atoms with Gasteiger partial charge in [0.1, 0.15) is 5.75 Å². The van der Waals surface area contributed by atoms with Crippen LogP contribution in [0.3, 0.4) is 0 Å². The van der Waals surface area contributed by atoms with Gasteiger partial charge in [0.2, 0.25) is 0 Å². The van der Waals surface area contributed by atoms with Gasteiger partial charge in [-0.3, -0.25) is 14.8 Å². The van der Waals surface area contributed by atoms with Crippen molar-refractivity contribution >= 4 is 38.1 Å². The van der Waals surface area contributed by atoms with Gasteiger partial charge in [-0.15, -0.1) is 11.3 Å². The fourth-order valence-corrected chi connectivity index (χ4v) is 4.99. The van der Waals surface area contributed by atoms with Crippen molar-refractivity contribution in [1.29, 1.82) is 0 Å². The number of carbonyl (C=O) groups excluding carboxylic acids is 1. The van der Waals surface area contributed by atoms with E-state index in [2.05, 4.69) is 21.9 Å². The number of hydrogen-bond donors (Lipinski definition) is 2. The Morgan fingerprint density at radius 2 is 1.77 bits per heavy atom. The molecule has 0 fully saturated rings. The third-order valence-electron chi connectivity index (χ3n) is 5.06. The van der Waals surface area contributed by atoms with Crippen LogP contribution >= 0.6 is 11.3 Å². The Kier molecular flexibility index (Phi) is 7.48. The predicted octanol–water partition coefficient (Wildman–Crippen LogP) is 5.96. The average molecular weight is 508 g/mol. The maximum Gasteiger partial charge on any atom is 0.261 e. The number of nitrogens with zero attached hydrogens (tertiary/aromatic N) is 1. The molecule has 1 aromatic heterocycles. The van der Waals surface area contributed by atoms with Crippen LogP contribution in [0.25, 0.3) is 11.3 Å². The van der Waals surface area contributed by atoms with Gasteiger partial charge in [0, 0.05) is 22.2 Å². The number of anilines is 2. The minimum Gasteiger partial charge on any atom is -0.494 e. The van der Waals surface area contributed by atoms with Crippen molar-refractivity contribution in [2.45, 2.75) is 25.2 Å². The quantitative estimate of drug-likeness (QED) is 0.291. The van der Waals surface area contributed by atoms with Crippen LogP contribution in [0.15, 0.2) is 83.1 Å². The van der Waals surface area contributed by atoms with Crippen LogP contribution in [0, 0.1) is 6.92 Å². The molecule has 0 spiro atoms. The van der Waals surface area contributed by atoms with E-state index in [1.165, 1.54) is 17.4 Å². The fourth-order valence-electron chi connectivity index (χ4n) is 3.23. The van der Waals surface area contributed by atoms with Crippen molar-refractivity contribution in [2.24, 2.45) is 0 Å². The Bertz CT molecular complexity index is 1410. The summed E-state index contributed by atoms with van der Waals surface area (Å²) in [6.45, 7) is 4.61. The first-order chi connectivity index (χ1) is 16.8. The van der Waals surface area contributed by atoms with Crippen LogP contribution in [0.5, 0.6) is 5.75 Å². The van der Waals surface area contributed by atoms with Gasteiger partial charge in [0.15, 0.2) is 5.13 Å². The summed E-state index contributed by atoms with van der Waals surface area (Å²) in [4.78, 5) is 17.4. The number of ether oxygens (including phenoxy) is 1. The summed E-state index contributed by atoms with van der Waals surface area (Å²) in [5.41, 5.74) is 3.22. The van der Waals surface area contributed by atoms with Gasteiger partial charge in [-0.05, 0) is 67.9 Å². The molecular formula is C26H25N3O4S2. The molecule has 35 heavy (non-hydrogen) atoms. The highest BCUT2D eigenvalue weighted by Crippen LogP contribution is 2.27. The number of aromatic nitrogens is 1. The lowest BCUT2D eigenvalue weighted by Gasteiger charge is -2.10. The van der Waals surface area contributed by atoms with E-state index in [-0.39, 0.29) is 10.8 Å². The molecule has 0 saturated heterocycles. The maximum atomic E-state index is 12.8. The maximum absolute atomic E-state index is 12.8. The third-order valence-corrected chi connectivity index (χ3v) is 7.21. The number of aryl methyl sites for hydroxylation is 1. The topological polar surface area (TPSA) is 97.4 Å². The lowest BCUT2D eigenvalue weighted by molar-refractivity contribution is 0.102. The van der Waals surface area contributed by atoms with Crippen molar-refractivity contribution in [3.8, 4) is 17.0 Å². The van der Waals surface area contributed by atoms with E-state index in [0.717, 1.165) is 29.0 Å². The fraction of sp³-hybridized carbons (Fsp3) is 0.154. The summed E-state index contributed by atoms with van der Waals surface area (Å²) in [7, 11) is -3.77. The van der Waals surface area contributed by atoms with Crippen LogP contribution in [0.2, 0.25) is 0 Å². The van der Waals surface area contributed by atoms with Crippen LogP contribution in [-0.4, -0.2) is 25.9 Å². The molecule has 0 bridgehead atoms. The second kappa shape index (κ2) is 10.7.